The predicted octanol–water partition coefficient (Wildman–Crippen LogP) is 1.58. The Kier molecular flexibility index (Phi) is 4.39. The maximum atomic E-state index is 11.6. The number of hydrogen-bond donors (Lipinski definition) is 2. The molecular formula is C12H16N4O2S. The highest BCUT2D eigenvalue weighted by molar-refractivity contribution is 7.99. The van der Waals surface area contributed by atoms with Gasteiger partial charge in [-0.15, -0.1) is 5.10 Å². The number of pyridine rings is 1. The molecule has 0 aliphatic carbocycles. The van der Waals surface area contributed by atoms with E-state index in [0.29, 0.717) is 16.7 Å². The van der Waals surface area contributed by atoms with Gasteiger partial charge in [-0.25, -0.2) is 14.9 Å². The van der Waals surface area contributed by atoms with Crippen molar-refractivity contribution in [2.75, 3.05) is 0 Å². The molecule has 1 atom stereocenters. The van der Waals surface area contributed by atoms with Crippen molar-refractivity contribution >= 4 is 11.8 Å². The summed E-state index contributed by atoms with van der Waals surface area (Å²) in [6.07, 6.45) is 1.89. The smallest absolute Gasteiger partial charge is 0.343 e. The number of aliphatic hydroxyl groups is 1. The van der Waals surface area contributed by atoms with Gasteiger partial charge in [0, 0.05) is 18.3 Å². The highest BCUT2D eigenvalue weighted by atomic mass is 32.2. The van der Waals surface area contributed by atoms with Crippen molar-refractivity contribution in [1.29, 1.82) is 0 Å². The highest BCUT2D eigenvalue weighted by Gasteiger charge is 2.14. The molecule has 2 rings (SSSR count). The molecule has 2 aromatic rings. The average Bonchev–Trinajstić information content (AvgIpc) is 2.72. The monoisotopic (exact) mass is 280 g/mol. The summed E-state index contributed by atoms with van der Waals surface area (Å²) in [5, 5.41) is 17.4. The fraction of sp³-hybridized carbons (Fsp3) is 0.417. The zero-order valence-electron chi connectivity index (χ0n) is 10.8. The fourth-order valence-electron chi connectivity index (χ4n) is 1.69. The van der Waals surface area contributed by atoms with E-state index >= 15 is 0 Å². The van der Waals surface area contributed by atoms with Crippen molar-refractivity contribution in [3.8, 4) is 0 Å². The number of aromatic nitrogens is 4. The van der Waals surface area contributed by atoms with E-state index in [1.165, 1.54) is 11.8 Å². The highest BCUT2D eigenvalue weighted by Crippen LogP contribution is 2.29. The second kappa shape index (κ2) is 6.03. The third-order valence-corrected chi connectivity index (χ3v) is 3.64. The molecule has 0 amide bonds. The van der Waals surface area contributed by atoms with Gasteiger partial charge >= 0.3 is 5.69 Å². The van der Waals surface area contributed by atoms with Gasteiger partial charge in [0.25, 0.3) is 0 Å². The summed E-state index contributed by atoms with van der Waals surface area (Å²) < 4.78 is 1.57. The van der Waals surface area contributed by atoms with Crippen LogP contribution < -0.4 is 5.69 Å². The van der Waals surface area contributed by atoms with Gasteiger partial charge < -0.3 is 5.11 Å². The summed E-state index contributed by atoms with van der Waals surface area (Å²) in [5.41, 5.74) is 0.505. The lowest BCUT2D eigenvalue weighted by Crippen LogP contribution is -2.17. The number of H-pyrrole nitrogens is 1. The molecule has 0 spiro atoms. The van der Waals surface area contributed by atoms with Crippen LogP contribution in [0.1, 0.15) is 31.9 Å². The topological polar surface area (TPSA) is 83.8 Å². The maximum absolute atomic E-state index is 11.6. The lowest BCUT2D eigenvalue weighted by atomic mass is 10.2. The number of rotatable bonds is 5. The predicted molar refractivity (Wildman–Crippen MR) is 72.1 cm³/mol. The molecule has 0 saturated heterocycles. The van der Waals surface area contributed by atoms with E-state index in [1.807, 2.05) is 13.0 Å². The first-order valence-corrected chi connectivity index (χ1v) is 6.91. The Labute approximate surface area is 114 Å². The van der Waals surface area contributed by atoms with E-state index < -0.39 is 6.10 Å². The molecule has 102 valence electrons. The summed E-state index contributed by atoms with van der Waals surface area (Å²) in [7, 11) is 0. The Morgan fingerprint density at radius 1 is 1.58 bits per heavy atom. The normalized spacial score (nSPS) is 12.6. The van der Waals surface area contributed by atoms with Gasteiger partial charge in [-0.05, 0) is 31.2 Å². The van der Waals surface area contributed by atoms with E-state index in [0.717, 1.165) is 12.0 Å². The Balaban J connectivity index is 2.34. The summed E-state index contributed by atoms with van der Waals surface area (Å²) in [4.78, 5) is 15.8. The van der Waals surface area contributed by atoms with Crippen LogP contribution in [0.25, 0.3) is 0 Å². The fourth-order valence-corrected chi connectivity index (χ4v) is 2.71. The van der Waals surface area contributed by atoms with Crippen molar-refractivity contribution in [1.82, 2.24) is 19.7 Å². The van der Waals surface area contributed by atoms with E-state index in [1.54, 1.807) is 23.8 Å². The van der Waals surface area contributed by atoms with Crippen LogP contribution in [0.15, 0.2) is 33.3 Å². The van der Waals surface area contributed by atoms with Crippen LogP contribution in [0, 0.1) is 0 Å². The molecule has 2 N–H and O–H groups in total. The number of aromatic amines is 1. The van der Waals surface area contributed by atoms with Crippen LogP contribution in [0.5, 0.6) is 0 Å². The Hall–Kier alpha value is -1.60. The third kappa shape index (κ3) is 3.05. The first-order chi connectivity index (χ1) is 9.13. The summed E-state index contributed by atoms with van der Waals surface area (Å²) in [6, 6.07) is 3.59. The summed E-state index contributed by atoms with van der Waals surface area (Å²) in [6.45, 7) is 4.29. The minimum absolute atomic E-state index is 0.223. The van der Waals surface area contributed by atoms with Gasteiger partial charge in [0.2, 0.25) is 0 Å². The minimum Gasteiger partial charge on any atom is -0.389 e. The minimum atomic E-state index is -0.610. The van der Waals surface area contributed by atoms with Crippen molar-refractivity contribution in [2.24, 2.45) is 0 Å². The van der Waals surface area contributed by atoms with Gasteiger partial charge in [0.15, 0.2) is 5.16 Å². The van der Waals surface area contributed by atoms with E-state index in [2.05, 4.69) is 15.2 Å². The standard InChI is InChI=1S/C12H16N4O2S/c1-3-7-16-11(18)14-15-12(16)19-10-9(8(2)17)5-4-6-13-10/h4-6,8,17H,3,7H2,1-2H3,(H,14,18)/t8-/m1/s1. The van der Waals surface area contributed by atoms with Crippen molar-refractivity contribution < 1.29 is 5.11 Å². The molecule has 0 saturated carbocycles. The molecule has 0 unspecified atom stereocenters. The third-order valence-electron chi connectivity index (χ3n) is 2.61. The van der Waals surface area contributed by atoms with Gasteiger partial charge in [-0.1, -0.05) is 13.0 Å². The molecule has 0 aliphatic rings. The average molecular weight is 280 g/mol. The summed E-state index contributed by atoms with van der Waals surface area (Å²) >= 11 is 1.28. The van der Waals surface area contributed by atoms with Crippen LogP contribution in [0.4, 0.5) is 0 Å². The molecule has 0 bridgehead atoms. The quantitative estimate of drug-likeness (QED) is 0.868. The first-order valence-electron chi connectivity index (χ1n) is 6.09. The molecule has 0 fully saturated rings. The second-order valence-corrected chi connectivity index (χ2v) is 5.09. The van der Waals surface area contributed by atoms with Gasteiger partial charge in [-0.2, -0.15) is 0 Å². The molecule has 2 heterocycles. The van der Waals surface area contributed by atoms with Crippen LogP contribution >= 0.6 is 11.8 Å². The van der Waals surface area contributed by atoms with Gasteiger partial charge in [0.05, 0.1) is 6.10 Å². The van der Waals surface area contributed by atoms with Crippen LogP contribution in [0.3, 0.4) is 0 Å². The van der Waals surface area contributed by atoms with E-state index in [9.17, 15) is 9.90 Å². The van der Waals surface area contributed by atoms with E-state index in [-0.39, 0.29) is 5.69 Å². The molecule has 7 heteroatoms. The zero-order chi connectivity index (χ0) is 13.8. The lowest BCUT2D eigenvalue weighted by molar-refractivity contribution is 0.195. The molecule has 2 aromatic heterocycles. The Morgan fingerprint density at radius 2 is 2.37 bits per heavy atom. The molecular weight excluding hydrogens is 264 g/mol. The van der Waals surface area contributed by atoms with Crippen LogP contribution in [-0.2, 0) is 6.54 Å². The molecule has 0 aromatic carbocycles. The van der Waals surface area contributed by atoms with Crippen molar-refractivity contribution in [3.05, 3.63) is 34.4 Å². The van der Waals surface area contributed by atoms with Crippen LogP contribution in [0.2, 0.25) is 0 Å². The maximum Gasteiger partial charge on any atom is 0.343 e. The Morgan fingerprint density at radius 3 is 3.05 bits per heavy atom. The summed E-state index contributed by atoms with van der Waals surface area (Å²) in [5.74, 6) is 0. The van der Waals surface area contributed by atoms with Crippen molar-refractivity contribution in [2.45, 2.75) is 43.1 Å². The zero-order valence-corrected chi connectivity index (χ0v) is 11.6. The number of aliphatic hydroxyl groups excluding tert-OH is 1. The van der Waals surface area contributed by atoms with Gasteiger partial charge in [0.1, 0.15) is 5.03 Å². The number of nitrogens with one attached hydrogen (secondary N) is 1. The largest absolute Gasteiger partial charge is 0.389 e. The Bertz CT molecular complexity index is 606. The van der Waals surface area contributed by atoms with E-state index in [4.69, 9.17) is 0 Å². The molecule has 0 radical (unpaired) electrons. The second-order valence-electron chi connectivity index (χ2n) is 4.14. The van der Waals surface area contributed by atoms with Crippen LogP contribution in [-0.4, -0.2) is 24.9 Å². The molecule has 6 nitrogen and oxygen atoms in total. The molecule has 0 aliphatic heterocycles. The first kappa shape index (κ1) is 13.8. The number of nitrogens with zero attached hydrogens (tertiary/aromatic N) is 3. The number of hydrogen-bond acceptors (Lipinski definition) is 5. The SMILES string of the molecule is CCCn1c(Sc2ncccc2[C@@H](C)O)n[nH]c1=O. The van der Waals surface area contributed by atoms with Crippen molar-refractivity contribution in [3.63, 3.8) is 0 Å². The lowest BCUT2D eigenvalue weighted by Gasteiger charge is -2.09. The van der Waals surface area contributed by atoms with Gasteiger partial charge in [-0.3, -0.25) is 4.57 Å². The molecule has 19 heavy (non-hydrogen) atoms.